The summed E-state index contributed by atoms with van der Waals surface area (Å²) in [6, 6.07) is 7.91. The van der Waals surface area contributed by atoms with Crippen LogP contribution in [-0.4, -0.2) is 58.1 Å². The SMILES string of the molecule is COCCCN1C(=O)c2nc3ccccc3n2CC1(C)C(=O)NC1CCCC1. The first-order valence-electron chi connectivity index (χ1n) is 10.1. The minimum atomic E-state index is -0.954. The van der Waals surface area contributed by atoms with E-state index in [1.165, 1.54) is 0 Å². The first-order chi connectivity index (χ1) is 13.5. The number of hydrogen-bond donors (Lipinski definition) is 1. The van der Waals surface area contributed by atoms with Crippen LogP contribution in [0.3, 0.4) is 0 Å². The number of para-hydroxylation sites is 2. The molecule has 7 heteroatoms. The lowest BCUT2D eigenvalue weighted by molar-refractivity contribution is -0.133. The Kier molecular flexibility index (Phi) is 5.10. The van der Waals surface area contributed by atoms with Crippen molar-refractivity contribution in [1.29, 1.82) is 0 Å². The maximum absolute atomic E-state index is 13.4. The molecule has 2 amide bonds. The Balaban J connectivity index is 1.70. The zero-order chi connectivity index (χ0) is 19.7. The minimum absolute atomic E-state index is 0.0754. The number of amides is 2. The molecule has 1 atom stereocenters. The average molecular weight is 384 g/mol. The van der Waals surface area contributed by atoms with Gasteiger partial charge in [0.05, 0.1) is 17.6 Å². The molecule has 1 N–H and O–H groups in total. The van der Waals surface area contributed by atoms with Crippen LogP contribution in [0.1, 0.15) is 49.6 Å². The summed E-state index contributed by atoms with van der Waals surface area (Å²) in [7, 11) is 1.64. The quantitative estimate of drug-likeness (QED) is 0.776. The van der Waals surface area contributed by atoms with E-state index in [-0.39, 0.29) is 17.9 Å². The average Bonchev–Trinajstić information content (AvgIpc) is 3.32. The number of nitrogens with zero attached hydrogens (tertiary/aromatic N) is 3. The summed E-state index contributed by atoms with van der Waals surface area (Å²) in [6.45, 7) is 3.28. The number of carbonyl (C=O) groups is 2. The van der Waals surface area contributed by atoms with E-state index in [1.807, 2.05) is 35.8 Å². The van der Waals surface area contributed by atoms with Crippen LogP contribution < -0.4 is 5.32 Å². The van der Waals surface area contributed by atoms with Crippen molar-refractivity contribution >= 4 is 22.8 Å². The second-order valence-electron chi connectivity index (χ2n) is 8.04. The molecule has 2 heterocycles. The second-order valence-corrected chi connectivity index (χ2v) is 8.04. The normalized spacial score (nSPS) is 22.6. The number of benzene rings is 1. The lowest BCUT2D eigenvalue weighted by Crippen LogP contribution is -2.65. The van der Waals surface area contributed by atoms with Gasteiger partial charge >= 0.3 is 0 Å². The highest BCUT2D eigenvalue weighted by atomic mass is 16.5. The van der Waals surface area contributed by atoms with Crippen LogP contribution in [0, 0.1) is 0 Å². The molecule has 1 aromatic carbocycles. The van der Waals surface area contributed by atoms with Gasteiger partial charge in [0.25, 0.3) is 5.91 Å². The fraction of sp³-hybridized carbons (Fsp3) is 0.571. The van der Waals surface area contributed by atoms with Gasteiger partial charge in [0, 0.05) is 26.3 Å². The molecule has 2 aliphatic rings. The highest BCUT2D eigenvalue weighted by molar-refractivity contribution is 6.01. The van der Waals surface area contributed by atoms with E-state index in [0.29, 0.717) is 31.9 Å². The van der Waals surface area contributed by atoms with E-state index < -0.39 is 5.54 Å². The molecule has 1 aliphatic heterocycles. The van der Waals surface area contributed by atoms with Crippen molar-refractivity contribution in [2.24, 2.45) is 0 Å². The molecule has 7 nitrogen and oxygen atoms in total. The van der Waals surface area contributed by atoms with Gasteiger partial charge < -0.3 is 19.5 Å². The van der Waals surface area contributed by atoms with E-state index >= 15 is 0 Å². The smallest absolute Gasteiger partial charge is 0.290 e. The predicted molar refractivity (Wildman–Crippen MR) is 106 cm³/mol. The van der Waals surface area contributed by atoms with Crippen LogP contribution in [0.15, 0.2) is 24.3 Å². The van der Waals surface area contributed by atoms with Gasteiger partial charge in [-0.3, -0.25) is 9.59 Å². The van der Waals surface area contributed by atoms with Crippen molar-refractivity contribution in [3.05, 3.63) is 30.1 Å². The highest BCUT2D eigenvalue weighted by Gasteiger charge is 2.48. The summed E-state index contributed by atoms with van der Waals surface area (Å²) in [6.07, 6.45) is 5.00. The van der Waals surface area contributed by atoms with Crippen molar-refractivity contribution in [3.8, 4) is 0 Å². The van der Waals surface area contributed by atoms with Gasteiger partial charge in [-0.1, -0.05) is 25.0 Å². The number of imidazole rings is 1. The highest BCUT2D eigenvalue weighted by Crippen LogP contribution is 2.31. The Morgan fingerprint density at radius 1 is 1.32 bits per heavy atom. The second kappa shape index (κ2) is 7.54. The lowest BCUT2D eigenvalue weighted by atomic mass is 9.94. The summed E-state index contributed by atoms with van der Waals surface area (Å²) in [5.74, 6) is 0.140. The summed E-state index contributed by atoms with van der Waals surface area (Å²) in [5, 5.41) is 3.20. The van der Waals surface area contributed by atoms with Crippen molar-refractivity contribution < 1.29 is 14.3 Å². The van der Waals surface area contributed by atoms with Crippen molar-refractivity contribution in [2.45, 2.75) is 57.2 Å². The van der Waals surface area contributed by atoms with Gasteiger partial charge in [-0.25, -0.2) is 4.98 Å². The molecule has 150 valence electrons. The molecule has 1 aliphatic carbocycles. The Morgan fingerprint density at radius 2 is 2.07 bits per heavy atom. The first kappa shape index (κ1) is 18.9. The van der Waals surface area contributed by atoms with E-state index in [9.17, 15) is 9.59 Å². The number of hydrogen-bond acceptors (Lipinski definition) is 4. The molecule has 4 rings (SSSR count). The molecule has 1 unspecified atom stereocenters. The van der Waals surface area contributed by atoms with Gasteiger partial charge in [-0.2, -0.15) is 0 Å². The lowest BCUT2D eigenvalue weighted by Gasteiger charge is -2.44. The van der Waals surface area contributed by atoms with Gasteiger partial charge in [0.15, 0.2) is 5.82 Å². The number of nitrogens with one attached hydrogen (secondary N) is 1. The third-order valence-electron chi connectivity index (χ3n) is 6.06. The monoisotopic (exact) mass is 384 g/mol. The fourth-order valence-corrected chi connectivity index (χ4v) is 4.46. The molecule has 0 bridgehead atoms. The number of rotatable bonds is 6. The van der Waals surface area contributed by atoms with Crippen LogP contribution in [0.2, 0.25) is 0 Å². The molecule has 0 radical (unpaired) electrons. The summed E-state index contributed by atoms with van der Waals surface area (Å²) >= 11 is 0. The predicted octanol–water partition coefficient (Wildman–Crippen LogP) is 2.35. The maximum atomic E-state index is 13.4. The maximum Gasteiger partial charge on any atom is 0.290 e. The summed E-state index contributed by atoms with van der Waals surface area (Å²) in [4.78, 5) is 33.0. The van der Waals surface area contributed by atoms with Crippen LogP contribution in [0.5, 0.6) is 0 Å². The third kappa shape index (κ3) is 3.17. The van der Waals surface area contributed by atoms with Crippen LogP contribution >= 0.6 is 0 Å². The summed E-state index contributed by atoms with van der Waals surface area (Å²) in [5.41, 5.74) is 0.717. The van der Waals surface area contributed by atoms with E-state index in [0.717, 1.165) is 36.7 Å². The molecule has 2 aromatic rings. The van der Waals surface area contributed by atoms with Crippen LogP contribution in [0.25, 0.3) is 11.0 Å². The largest absolute Gasteiger partial charge is 0.385 e. The Morgan fingerprint density at radius 3 is 2.82 bits per heavy atom. The fourth-order valence-electron chi connectivity index (χ4n) is 4.46. The third-order valence-corrected chi connectivity index (χ3v) is 6.06. The molecule has 1 fully saturated rings. The first-order valence-corrected chi connectivity index (χ1v) is 10.1. The Labute approximate surface area is 165 Å². The van der Waals surface area contributed by atoms with Gasteiger partial charge in [-0.15, -0.1) is 0 Å². The zero-order valence-corrected chi connectivity index (χ0v) is 16.6. The molecule has 0 spiro atoms. The molecular formula is C21H28N4O3. The van der Waals surface area contributed by atoms with Gasteiger partial charge in [-0.05, 0) is 38.3 Å². The number of methoxy groups -OCH3 is 1. The minimum Gasteiger partial charge on any atom is -0.385 e. The van der Waals surface area contributed by atoms with Crippen LogP contribution in [-0.2, 0) is 16.1 Å². The Bertz CT molecular complexity index is 887. The number of ether oxygens (including phenoxy) is 1. The molecule has 0 saturated heterocycles. The van der Waals surface area contributed by atoms with Crippen molar-refractivity contribution in [3.63, 3.8) is 0 Å². The van der Waals surface area contributed by atoms with E-state index in [4.69, 9.17) is 4.74 Å². The van der Waals surface area contributed by atoms with Crippen molar-refractivity contribution in [2.75, 3.05) is 20.3 Å². The molecular weight excluding hydrogens is 356 g/mol. The molecule has 1 saturated carbocycles. The number of carbonyl (C=O) groups excluding carboxylic acids is 2. The van der Waals surface area contributed by atoms with Crippen molar-refractivity contribution in [1.82, 2.24) is 19.8 Å². The van der Waals surface area contributed by atoms with Crippen LogP contribution in [0.4, 0.5) is 0 Å². The van der Waals surface area contributed by atoms with Gasteiger partial charge in [0.1, 0.15) is 5.54 Å². The Hall–Kier alpha value is -2.41. The molecule has 1 aromatic heterocycles. The number of fused-ring (bicyclic) bond motifs is 3. The topological polar surface area (TPSA) is 76.5 Å². The van der Waals surface area contributed by atoms with Gasteiger partial charge in [0.2, 0.25) is 5.91 Å². The van der Waals surface area contributed by atoms with E-state index in [2.05, 4.69) is 10.3 Å². The standard InChI is InChI=1S/C21H28N4O3/c1-21(20(27)22-15-8-3-4-9-15)14-24-17-11-6-5-10-16(17)23-18(24)19(26)25(21)12-7-13-28-2/h5-6,10-11,15H,3-4,7-9,12-14H2,1-2H3,(H,22,27). The molecule has 28 heavy (non-hydrogen) atoms. The van der Waals surface area contributed by atoms with E-state index in [1.54, 1.807) is 12.0 Å². The zero-order valence-electron chi connectivity index (χ0n) is 16.6. The summed E-state index contributed by atoms with van der Waals surface area (Å²) < 4.78 is 7.06. The number of aromatic nitrogens is 2.